The fourth-order valence-corrected chi connectivity index (χ4v) is 2.24. The Labute approximate surface area is 150 Å². The van der Waals surface area contributed by atoms with Gasteiger partial charge in [0.05, 0.1) is 0 Å². The van der Waals surface area contributed by atoms with Crippen molar-refractivity contribution in [3.8, 4) is 11.1 Å². The lowest BCUT2D eigenvalue weighted by Crippen LogP contribution is -1.93. The van der Waals surface area contributed by atoms with Crippen LogP contribution in [0.5, 0.6) is 0 Å². The minimum Gasteiger partial charge on any atom is -0.0919 e. The van der Waals surface area contributed by atoms with Gasteiger partial charge < -0.3 is 0 Å². The fraction of sp³-hybridized carbons (Fsp3) is 0.417. The minimum atomic E-state index is 0.722. The molecular formula is C24H36. The number of hydrogen-bond acceptors (Lipinski definition) is 0. The van der Waals surface area contributed by atoms with Crippen molar-refractivity contribution in [2.24, 2.45) is 5.92 Å². The Morgan fingerprint density at radius 2 is 1.08 bits per heavy atom. The molecule has 0 aliphatic carbocycles. The second-order valence-electron chi connectivity index (χ2n) is 6.01. The summed E-state index contributed by atoms with van der Waals surface area (Å²) >= 11 is 0. The first-order valence-electron chi connectivity index (χ1n) is 9.36. The van der Waals surface area contributed by atoms with Crippen LogP contribution < -0.4 is 0 Å². The highest BCUT2D eigenvalue weighted by molar-refractivity contribution is 5.63. The van der Waals surface area contributed by atoms with Crippen LogP contribution in [0.2, 0.25) is 0 Å². The van der Waals surface area contributed by atoms with Gasteiger partial charge in [0.25, 0.3) is 0 Å². The Kier molecular flexibility index (Phi) is 12.6. The van der Waals surface area contributed by atoms with E-state index in [4.69, 9.17) is 0 Å². The lowest BCUT2D eigenvalue weighted by molar-refractivity contribution is 0.647. The van der Waals surface area contributed by atoms with Gasteiger partial charge in [-0.05, 0) is 54.9 Å². The highest BCUT2D eigenvalue weighted by Crippen LogP contribution is 2.21. The van der Waals surface area contributed by atoms with Gasteiger partial charge in [-0.15, -0.1) is 0 Å². The normalized spacial score (nSPS) is 10.0. The summed E-state index contributed by atoms with van der Waals surface area (Å²) in [7, 11) is 0. The topological polar surface area (TPSA) is 0 Å². The van der Waals surface area contributed by atoms with Crippen molar-refractivity contribution in [1.82, 2.24) is 0 Å². The molecule has 0 aliphatic rings. The standard InChI is InChI=1S/C18H22.C4H8.C2H6/c1-4-15-5-9-17(10-6-15)18-11-7-16(8-12-18)13-14(2)3;1-3-4-2;1-2/h5-12,14H,4,13H2,1-3H3;3-4H,1-2H3;1-2H3/b;4-3-;. The summed E-state index contributed by atoms with van der Waals surface area (Å²) in [5.74, 6) is 0.722. The fourth-order valence-electron chi connectivity index (χ4n) is 2.24. The number of benzene rings is 2. The van der Waals surface area contributed by atoms with E-state index in [-0.39, 0.29) is 0 Å². The maximum Gasteiger partial charge on any atom is -0.0184 e. The molecule has 2 aromatic carbocycles. The molecule has 0 radical (unpaired) electrons. The van der Waals surface area contributed by atoms with Crippen LogP contribution in [0.1, 0.15) is 59.6 Å². The molecule has 0 unspecified atom stereocenters. The van der Waals surface area contributed by atoms with Crippen molar-refractivity contribution >= 4 is 0 Å². The predicted molar refractivity (Wildman–Crippen MR) is 112 cm³/mol. The van der Waals surface area contributed by atoms with E-state index in [1.807, 2.05) is 39.8 Å². The van der Waals surface area contributed by atoms with E-state index < -0.39 is 0 Å². The van der Waals surface area contributed by atoms with Crippen molar-refractivity contribution in [1.29, 1.82) is 0 Å². The Morgan fingerprint density at radius 1 is 0.708 bits per heavy atom. The maximum absolute atomic E-state index is 2.26. The Morgan fingerprint density at radius 3 is 1.38 bits per heavy atom. The van der Waals surface area contributed by atoms with Gasteiger partial charge in [-0.1, -0.05) is 95.3 Å². The second-order valence-corrected chi connectivity index (χ2v) is 6.01. The summed E-state index contributed by atoms with van der Waals surface area (Å²) in [6, 6.07) is 17.9. The van der Waals surface area contributed by atoms with E-state index in [2.05, 4.69) is 69.3 Å². The van der Waals surface area contributed by atoms with Crippen LogP contribution in [0.3, 0.4) is 0 Å². The highest BCUT2D eigenvalue weighted by atomic mass is 14.1. The monoisotopic (exact) mass is 324 g/mol. The van der Waals surface area contributed by atoms with Crippen LogP contribution in [-0.4, -0.2) is 0 Å². The van der Waals surface area contributed by atoms with Crippen LogP contribution in [0.15, 0.2) is 60.7 Å². The first kappa shape index (κ1) is 22.2. The van der Waals surface area contributed by atoms with E-state index >= 15 is 0 Å². The third-order valence-corrected chi connectivity index (χ3v) is 3.63. The average molecular weight is 325 g/mol. The first-order valence-corrected chi connectivity index (χ1v) is 9.36. The van der Waals surface area contributed by atoms with Gasteiger partial charge in [0.2, 0.25) is 0 Å². The smallest absolute Gasteiger partial charge is 0.0184 e. The Hall–Kier alpha value is -1.82. The summed E-state index contributed by atoms with van der Waals surface area (Å²) in [5.41, 5.74) is 5.45. The highest BCUT2D eigenvalue weighted by Gasteiger charge is 2.00. The molecule has 2 rings (SSSR count). The predicted octanol–water partition coefficient (Wildman–Crippen LogP) is 7.72. The van der Waals surface area contributed by atoms with Gasteiger partial charge in [-0.2, -0.15) is 0 Å². The zero-order valence-electron chi connectivity index (χ0n) is 16.8. The van der Waals surface area contributed by atoms with E-state index in [0.717, 1.165) is 18.8 Å². The third kappa shape index (κ3) is 8.72. The molecule has 0 saturated carbocycles. The van der Waals surface area contributed by atoms with Crippen LogP contribution >= 0.6 is 0 Å². The molecule has 0 aromatic heterocycles. The molecule has 0 heteroatoms. The Bertz CT molecular complexity index is 538. The maximum atomic E-state index is 2.26. The molecule has 0 nitrogen and oxygen atoms in total. The molecule has 0 bridgehead atoms. The van der Waals surface area contributed by atoms with Gasteiger partial charge in [-0.25, -0.2) is 0 Å². The van der Waals surface area contributed by atoms with Crippen LogP contribution in [0, 0.1) is 5.92 Å². The van der Waals surface area contributed by atoms with Crippen molar-refractivity contribution in [3.05, 3.63) is 71.8 Å². The molecule has 0 N–H and O–H groups in total. The van der Waals surface area contributed by atoms with Gasteiger partial charge in [-0.3, -0.25) is 0 Å². The van der Waals surface area contributed by atoms with Gasteiger partial charge in [0, 0.05) is 0 Å². The summed E-state index contributed by atoms with van der Waals surface area (Å²) < 4.78 is 0. The van der Waals surface area contributed by atoms with Gasteiger partial charge in [0.15, 0.2) is 0 Å². The minimum absolute atomic E-state index is 0.722. The molecule has 0 spiro atoms. The zero-order valence-corrected chi connectivity index (χ0v) is 16.8. The molecule has 0 amide bonds. The average Bonchev–Trinajstić information content (AvgIpc) is 2.64. The van der Waals surface area contributed by atoms with Crippen molar-refractivity contribution in [3.63, 3.8) is 0 Å². The number of allylic oxidation sites excluding steroid dienone is 2. The summed E-state index contributed by atoms with van der Waals surface area (Å²) in [4.78, 5) is 0. The molecule has 2 aromatic rings. The summed E-state index contributed by atoms with van der Waals surface area (Å²) in [6.07, 6.45) is 6.27. The number of aryl methyl sites for hydroxylation is 1. The van der Waals surface area contributed by atoms with Crippen LogP contribution in [0.4, 0.5) is 0 Å². The summed E-state index contributed by atoms with van der Waals surface area (Å²) in [5, 5.41) is 0. The zero-order chi connectivity index (χ0) is 18.4. The molecule has 132 valence electrons. The van der Waals surface area contributed by atoms with E-state index in [9.17, 15) is 0 Å². The van der Waals surface area contributed by atoms with Crippen LogP contribution in [-0.2, 0) is 12.8 Å². The van der Waals surface area contributed by atoms with Gasteiger partial charge >= 0.3 is 0 Å². The first-order chi connectivity index (χ1) is 11.6. The molecule has 24 heavy (non-hydrogen) atoms. The largest absolute Gasteiger partial charge is 0.0919 e. The molecule has 0 heterocycles. The number of hydrogen-bond donors (Lipinski definition) is 0. The number of rotatable bonds is 4. The third-order valence-electron chi connectivity index (χ3n) is 3.63. The molecule has 0 fully saturated rings. The van der Waals surface area contributed by atoms with E-state index in [1.165, 1.54) is 22.3 Å². The summed E-state index contributed by atoms with van der Waals surface area (Å²) in [6.45, 7) is 14.7. The van der Waals surface area contributed by atoms with Crippen molar-refractivity contribution < 1.29 is 0 Å². The molecule has 0 saturated heterocycles. The van der Waals surface area contributed by atoms with Crippen LogP contribution in [0.25, 0.3) is 11.1 Å². The second kappa shape index (κ2) is 13.6. The van der Waals surface area contributed by atoms with Crippen molar-refractivity contribution in [2.45, 2.75) is 61.3 Å². The van der Waals surface area contributed by atoms with Crippen molar-refractivity contribution in [2.75, 3.05) is 0 Å². The van der Waals surface area contributed by atoms with E-state index in [0.29, 0.717) is 0 Å². The lowest BCUT2D eigenvalue weighted by Gasteiger charge is -2.07. The van der Waals surface area contributed by atoms with Gasteiger partial charge in [0.1, 0.15) is 0 Å². The lowest BCUT2D eigenvalue weighted by atomic mass is 9.98. The molecular weight excluding hydrogens is 288 g/mol. The molecule has 0 atom stereocenters. The SMILES string of the molecule is C/C=C\C.CC.CCc1ccc(-c2ccc(CC(C)C)cc2)cc1. The molecule has 0 aliphatic heterocycles. The van der Waals surface area contributed by atoms with E-state index in [1.54, 1.807) is 0 Å². The Balaban J connectivity index is 0.000000773. The quantitative estimate of drug-likeness (QED) is 0.505.